The van der Waals surface area contributed by atoms with E-state index in [4.69, 9.17) is 24.3 Å². The number of fused-ring (bicyclic) bond motifs is 1. The maximum atomic E-state index is 5.48. The summed E-state index contributed by atoms with van der Waals surface area (Å²) in [6.45, 7) is 3.35. The Morgan fingerprint density at radius 1 is 1.11 bits per heavy atom. The van der Waals surface area contributed by atoms with E-state index in [1.807, 2.05) is 48.9 Å². The number of hydrogen-bond donors (Lipinski definition) is 0. The number of imidazole rings is 1. The molecule has 0 aliphatic carbocycles. The number of para-hydroxylation sites is 2. The van der Waals surface area contributed by atoms with Crippen LogP contribution in [0.5, 0.6) is 0 Å². The van der Waals surface area contributed by atoms with Gasteiger partial charge in [-0.25, -0.2) is 9.97 Å². The van der Waals surface area contributed by atoms with Crippen LogP contribution in [0, 0.1) is 6.92 Å². The molecule has 1 aliphatic heterocycles. The summed E-state index contributed by atoms with van der Waals surface area (Å²) >= 11 is 0. The number of ether oxygens (including phenoxy) is 1. The molecule has 27 heavy (non-hydrogen) atoms. The van der Waals surface area contributed by atoms with Gasteiger partial charge in [0, 0.05) is 32.2 Å². The largest absolute Gasteiger partial charge is 0.381 e. The molecule has 1 aromatic carbocycles. The third-order valence-corrected chi connectivity index (χ3v) is 5.02. The van der Waals surface area contributed by atoms with Crippen LogP contribution in [-0.4, -0.2) is 42.7 Å². The minimum absolute atomic E-state index is 0.279. The summed E-state index contributed by atoms with van der Waals surface area (Å²) < 4.78 is 14.6. The summed E-state index contributed by atoms with van der Waals surface area (Å²) in [5, 5.41) is 8.99. The van der Waals surface area contributed by atoms with E-state index in [1.54, 1.807) is 4.68 Å². The lowest BCUT2D eigenvalue weighted by Gasteiger charge is -2.18. The standard InChI is InChI=1S/C19H20N6O2/c1-12-11-15(23-27-12)18-21-17(13-7-9-26-10-8-13)22-25(18)19-20-14-5-3-4-6-16(14)24(19)2/h3-6,11,13H,7-10H2,1-2H3. The van der Waals surface area contributed by atoms with Crippen molar-refractivity contribution in [2.75, 3.05) is 13.2 Å². The van der Waals surface area contributed by atoms with Gasteiger partial charge in [-0.1, -0.05) is 17.3 Å². The molecule has 0 N–H and O–H groups in total. The lowest BCUT2D eigenvalue weighted by molar-refractivity contribution is 0.0836. The molecule has 0 bridgehead atoms. The minimum atomic E-state index is 0.279. The molecule has 4 heterocycles. The molecule has 0 saturated carbocycles. The normalized spacial score (nSPS) is 15.6. The van der Waals surface area contributed by atoms with Crippen LogP contribution < -0.4 is 0 Å². The summed E-state index contributed by atoms with van der Waals surface area (Å²) in [4.78, 5) is 9.60. The van der Waals surface area contributed by atoms with Crippen molar-refractivity contribution in [3.05, 3.63) is 41.9 Å². The Hall–Kier alpha value is -3.00. The molecular formula is C19H20N6O2. The van der Waals surface area contributed by atoms with E-state index in [0.29, 0.717) is 17.5 Å². The summed E-state index contributed by atoms with van der Waals surface area (Å²) in [6, 6.07) is 9.90. The van der Waals surface area contributed by atoms with E-state index in [9.17, 15) is 0 Å². The molecule has 1 saturated heterocycles. The van der Waals surface area contributed by atoms with Crippen LogP contribution >= 0.6 is 0 Å². The Labute approximate surface area is 155 Å². The smallest absolute Gasteiger partial charge is 0.233 e. The zero-order valence-corrected chi connectivity index (χ0v) is 15.3. The third kappa shape index (κ3) is 2.73. The number of aryl methyl sites for hydroxylation is 2. The number of hydrogen-bond acceptors (Lipinski definition) is 6. The van der Waals surface area contributed by atoms with E-state index in [2.05, 4.69) is 5.16 Å². The van der Waals surface area contributed by atoms with Gasteiger partial charge >= 0.3 is 0 Å². The Bertz CT molecular complexity index is 1100. The maximum absolute atomic E-state index is 5.48. The van der Waals surface area contributed by atoms with Gasteiger partial charge in [-0.2, -0.15) is 4.68 Å². The van der Waals surface area contributed by atoms with Crippen LogP contribution in [0.15, 0.2) is 34.9 Å². The molecule has 8 heteroatoms. The van der Waals surface area contributed by atoms with Gasteiger partial charge in [0.05, 0.1) is 11.0 Å². The van der Waals surface area contributed by atoms with Crippen molar-refractivity contribution in [3.63, 3.8) is 0 Å². The molecule has 1 aliphatic rings. The van der Waals surface area contributed by atoms with Crippen molar-refractivity contribution in [1.29, 1.82) is 0 Å². The van der Waals surface area contributed by atoms with Crippen molar-refractivity contribution in [3.8, 4) is 17.5 Å². The first kappa shape index (κ1) is 16.2. The Balaban J connectivity index is 1.69. The van der Waals surface area contributed by atoms with Crippen LogP contribution in [-0.2, 0) is 11.8 Å². The molecule has 0 atom stereocenters. The highest BCUT2D eigenvalue weighted by Gasteiger charge is 2.26. The van der Waals surface area contributed by atoms with E-state index in [1.165, 1.54) is 0 Å². The zero-order valence-electron chi connectivity index (χ0n) is 15.3. The number of rotatable bonds is 3. The lowest BCUT2D eigenvalue weighted by atomic mass is 10.00. The summed E-state index contributed by atoms with van der Waals surface area (Å²) in [6.07, 6.45) is 1.84. The lowest BCUT2D eigenvalue weighted by Crippen LogP contribution is -2.15. The minimum Gasteiger partial charge on any atom is -0.381 e. The van der Waals surface area contributed by atoms with Crippen molar-refractivity contribution in [1.82, 2.24) is 29.5 Å². The molecule has 0 spiro atoms. The Morgan fingerprint density at radius 3 is 2.67 bits per heavy atom. The Morgan fingerprint density at radius 2 is 1.93 bits per heavy atom. The molecule has 4 aromatic rings. The average Bonchev–Trinajstić information content (AvgIpc) is 3.40. The molecule has 3 aromatic heterocycles. The van der Waals surface area contributed by atoms with Gasteiger partial charge in [0.2, 0.25) is 5.95 Å². The van der Waals surface area contributed by atoms with Gasteiger partial charge in [0.15, 0.2) is 17.3 Å². The first-order chi connectivity index (χ1) is 13.2. The SMILES string of the molecule is Cc1cc(-c2nc(C3CCOCC3)nn2-c2nc3ccccc3n2C)no1. The highest BCUT2D eigenvalue weighted by Crippen LogP contribution is 2.29. The van der Waals surface area contributed by atoms with E-state index in [-0.39, 0.29) is 5.92 Å². The zero-order chi connectivity index (χ0) is 18.4. The van der Waals surface area contributed by atoms with E-state index < -0.39 is 0 Å². The van der Waals surface area contributed by atoms with Crippen molar-refractivity contribution >= 4 is 11.0 Å². The second-order valence-corrected chi connectivity index (χ2v) is 6.87. The summed E-state index contributed by atoms with van der Waals surface area (Å²) in [5.41, 5.74) is 2.61. The van der Waals surface area contributed by atoms with Crippen LogP contribution in [0.3, 0.4) is 0 Å². The van der Waals surface area contributed by atoms with Crippen LogP contribution in [0.2, 0.25) is 0 Å². The monoisotopic (exact) mass is 364 g/mol. The van der Waals surface area contributed by atoms with E-state index >= 15 is 0 Å². The highest BCUT2D eigenvalue weighted by molar-refractivity contribution is 5.77. The fourth-order valence-electron chi connectivity index (χ4n) is 3.56. The summed E-state index contributed by atoms with van der Waals surface area (Å²) in [5.74, 6) is 3.17. The van der Waals surface area contributed by atoms with Gasteiger partial charge in [-0.15, -0.1) is 5.10 Å². The number of benzene rings is 1. The Kier molecular flexibility index (Phi) is 3.78. The second-order valence-electron chi connectivity index (χ2n) is 6.87. The predicted molar refractivity (Wildman–Crippen MR) is 98.7 cm³/mol. The van der Waals surface area contributed by atoms with Crippen molar-refractivity contribution in [2.24, 2.45) is 7.05 Å². The number of nitrogens with zero attached hydrogens (tertiary/aromatic N) is 6. The maximum Gasteiger partial charge on any atom is 0.233 e. The first-order valence-corrected chi connectivity index (χ1v) is 9.11. The number of aromatic nitrogens is 6. The predicted octanol–water partition coefficient (Wildman–Crippen LogP) is 3.01. The molecule has 5 rings (SSSR count). The molecule has 1 fully saturated rings. The molecule has 138 valence electrons. The van der Waals surface area contributed by atoms with Gasteiger partial charge in [-0.3, -0.25) is 0 Å². The van der Waals surface area contributed by atoms with Crippen LogP contribution in [0.1, 0.15) is 30.3 Å². The highest BCUT2D eigenvalue weighted by atomic mass is 16.5. The quantitative estimate of drug-likeness (QED) is 0.556. The summed E-state index contributed by atoms with van der Waals surface area (Å²) in [7, 11) is 1.98. The topological polar surface area (TPSA) is 83.8 Å². The van der Waals surface area contributed by atoms with Crippen molar-refractivity contribution < 1.29 is 9.26 Å². The molecule has 0 amide bonds. The van der Waals surface area contributed by atoms with Crippen molar-refractivity contribution in [2.45, 2.75) is 25.7 Å². The first-order valence-electron chi connectivity index (χ1n) is 9.11. The second kappa shape index (κ2) is 6.31. The van der Waals surface area contributed by atoms with Gasteiger partial charge in [-0.05, 0) is 31.9 Å². The molecular weight excluding hydrogens is 344 g/mol. The van der Waals surface area contributed by atoms with Gasteiger partial charge in [0.25, 0.3) is 0 Å². The van der Waals surface area contributed by atoms with Gasteiger partial charge in [0.1, 0.15) is 5.76 Å². The molecule has 8 nitrogen and oxygen atoms in total. The third-order valence-electron chi connectivity index (χ3n) is 5.02. The average molecular weight is 364 g/mol. The van der Waals surface area contributed by atoms with Crippen LogP contribution in [0.25, 0.3) is 28.5 Å². The van der Waals surface area contributed by atoms with E-state index in [0.717, 1.165) is 48.7 Å². The molecule has 0 unspecified atom stereocenters. The fourth-order valence-corrected chi connectivity index (χ4v) is 3.56. The fraction of sp³-hybridized carbons (Fsp3) is 0.368. The van der Waals surface area contributed by atoms with Gasteiger partial charge < -0.3 is 13.8 Å². The molecule has 0 radical (unpaired) electrons. The van der Waals surface area contributed by atoms with Crippen LogP contribution in [0.4, 0.5) is 0 Å².